The van der Waals surface area contributed by atoms with Crippen molar-refractivity contribution in [3.05, 3.63) is 0 Å². The van der Waals surface area contributed by atoms with Gasteiger partial charge in [-0.05, 0) is 51.9 Å². The van der Waals surface area contributed by atoms with E-state index in [9.17, 15) is 15.0 Å². The summed E-state index contributed by atoms with van der Waals surface area (Å²) in [5.74, 6) is 0.465. The zero-order valence-corrected chi connectivity index (χ0v) is 11.7. The Morgan fingerprint density at radius 2 is 1.53 bits per heavy atom. The maximum atomic E-state index is 12.3. The highest BCUT2D eigenvalue weighted by atomic mass is 16.6. The summed E-state index contributed by atoms with van der Waals surface area (Å²) in [6, 6.07) is -0.360. The molecule has 19 heavy (non-hydrogen) atoms. The lowest BCUT2D eigenvalue weighted by Crippen LogP contribution is -2.71. The van der Waals surface area contributed by atoms with E-state index in [-0.39, 0.29) is 23.9 Å². The molecule has 2 saturated carbocycles. The summed E-state index contributed by atoms with van der Waals surface area (Å²) in [6.07, 6.45) is 0.931. The number of nitrogens with zero attached hydrogens (tertiary/aromatic N) is 1. The van der Waals surface area contributed by atoms with Gasteiger partial charge in [0.15, 0.2) is 0 Å². The zero-order valence-electron chi connectivity index (χ0n) is 11.7. The molecule has 0 radical (unpaired) electrons. The van der Waals surface area contributed by atoms with E-state index in [0.717, 1.165) is 6.42 Å². The van der Waals surface area contributed by atoms with Gasteiger partial charge < -0.3 is 14.9 Å². The van der Waals surface area contributed by atoms with E-state index in [1.54, 1.807) is 4.90 Å². The quantitative estimate of drug-likeness (QED) is 0.691. The standard InChI is InChI=1S/C14H23NO4/c1-14(2,3)19-13(18)15-9-5-7-4-8(12(9)17)6-10(15)11(7)16/h7-12,16-17H,4-6H2,1-3H3. The van der Waals surface area contributed by atoms with Crippen molar-refractivity contribution in [3.8, 4) is 0 Å². The molecule has 0 spiro atoms. The number of piperidine rings is 2. The van der Waals surface area contributed by atoms with Crippen LogP contribution < -0.4 is 0 Å². The van der Waals surface area contributed by atoms with Crippen LogP contribution in [0.15, 0.2) is 0 Å². The molecule has 0 aromatic heterocycles. The topological polar surface area (TPSA) is 70.0 Å². The van der Waals surface area contributed by atoms with Gasteiger partial charge >= 0.3 is 6.09 Å². The molecule has 4 fully saturated rings. The monoisotopic (exact) mass is 269 g/mol. The third-order valence-electron chi connectivity index (χ3n) is 4.77. The minimum Gasteiger partial charge on any atom is -0.444 e. The number of carbonyl (C=O) groups is 1. The van der Waals surface area contributed by atoms with Crippen molar-refractivity contribution in [1.82, 2.24) is 4.90 Å². The lowest BCUT2D eigenvalue weighted by molar-refractivity contribution is -0.179. The number of ether oxygens (including phenoxy) is 1. The molecule has 5 nitrogen and oxygen atoms in total. The molecule has 108 valence electrons. The average Bonchev–Trinajstić information content (AvgIpc) is 2.24. The predicted molar refractivity (Wildman–Crippen MR) is 68.5 cm³/mol. The molecule has 0 aromatic rings. The van der Waals surface area contributed by atoms with Crippen molar-refractivity contribution in [2.45, 2.75) is 69.9 Å². The molecule has 4 bridgehead atoms. The fourth-order valence-electron chi connectivity index (χ4n) is 4.05. The highest BCUT2D eigenvalue weighted by Gasteiger charge is 2.58. The Labute approximate surface area is 113 Å². The van der Waals surface area contributed by atoms with Crippen molar-refractivity contribution < 1.29 is 19.7 Å². The maximum absolute atomic E-state index is 12.3. The number of aliphatic hydroxyl groups is 2. The first kappa shape index (κ1) is 13.2. The van der Waals surface area contributed by atoms with Crippen LogP contribution in [0, 0.1) is 11.8 Å². The molecule has 2 N–H and O–H groups in total. The highest BCUT2D eigenvalue weighted by Crippen LogP contribution is 2.49. The van der Waals surface area contributed by atoms with E-state index in [0.29, 0.717) is 12.8 Å². The summed E-state index contributed by atoms with van der Waals surface area (Å²) in [7, 11) is 0. The van der Waals surface area contributed by atoms with E-state index in [1.165, 1.54) is 0 Å². The Balaban J connectivity index is 1.83. The van der Waals surface area contributed by atoms with Crippen LogP contribution in [0.4, 0.5) is 4.79 Å². The fourth-order valence-corrected chi connectivity index (χ4v) is 4.05. The van der Waals surface area contributed by atoms with Gasteiger partial charge in [0.05, 0.1) is 24.3 Å². The van der Waals surface area contributed by atoms with Crippen LogP contribution >= 0.6 is 0 Å². The number of hydrogen-bond donors (Lipinski definition) is 2. The van der Waals surface area contributed by atoms with Crippen LogP contribution in [0.25, 0.3) is 0 Å². The van der Waals surface area contributed by atoms with Gasteiger partial charge in [-0.2, -0.15) is 0 Å². The number of rotatable bonds is 0. The number of amides is 1. The smallest absolute Gasteiger partial charge is 0.410 e. The van der Waals surface area contributed by atoms with Gasteiger partial charge in [-0.25, -0.2) is 4.79 Å². The summed E-state index contributed by atoms with van der Waals surface area (Å²) in [6.45, 7) is 5.48. The number of carbonyl (C=O) groups excluding carboxylic acids is 1. The van der Waals surface area contributed by atoms with Gasteiger partial charge in [0, 0.05) is 0 Å². The Bertz CT molecular complexity index is 369. The van der Waals surface area contributed by atoms with Crippen LogP contribution in [0.2, 0.25) is 0 Å². The van der Waals surface area contributed by atoms with E-state index in [4.69, 9.17) is 4.74 Å². The van der Waals surface area contributed by atoms with Crippen LogP contribution in [0.3, 0.4) is 0 Å². The molecule has 4 rings (SSSR count). The molecule has 6 unspecified atom stereocenters. The molecule has 2 saturated heterocycles. The summed E-state index contributed by atoms with van der Waals surface area (Å²) in [5, 5.41) is 20.6. The number of hydrogen-bond acceptors (Lipinski definition) is 4. The number of aliphatic hydroxyl groups excluding tert-OH is 2. The first-order chi connectivity index (χ1) is 8.78. The molecule has 0 aromatic carbocycles. The van der Waals surface area contributed by atoms with Gasteiger partial charge in [0.2, 0.25) is 0 Å². The second kappa shape index (κ2) is 4.09. The summed E-state index contributed by atoms with van der Waals surface area (Å²) in [4.78, 5) is 13.9. The molecular formula is C14H23NO4. The van der Waals surface area contributed by atoms with Gasteiger partial charge in [0.1, 0.15) is 5.60 Å². The zero-order chi connectivity index (χ0) is 13.9. The van der Waals surface area contributed by atoms with E-state index >= 15 is 0 Å². The Morgan fingerprint density at radius 3 is 1.95 bits per heavy atom. The van der Waals surface area contributed by atoms with Crippen molar-refractivity contribution in [3.63, 3.8) is 0 Å². The summed E-state index contributed by atoms with van der Waals surface area (Å²) >= 11 is 0. The molecular weight excluding hydrogens is 246 g/mol. The second-order valence-electron chi connectivity index (χ2n) is 7.23. The average molecular weight is 269 g/mol. The van der Waals surface area contributed by atoms with E-state index < -0.39 is 23.9 Å². The first-order valence-corrected chi connectivity index (χ1v) is 7.15. The lowest BCUT2D eigenvalue weighted by atomic mass is 9.61. The summed E-state index contributed by atoms with van der Waals surface area (Å²) < 4.78 is 5.43. The largest absolute Gasteiger partial charge is 0.444 e. The van der Waals surface area contributed by atoms with Crippen molar-refractivity contribution in [1.29, 1.82) is 0 Å². The van der Waals surface area contributed by atoms with Crippen LogP contribution in [-0.2, 0) is 4.74 Å². The third kappa shape index (κ3) is 2.03. The molecule has 2 aliphatic heterocycles. The fraction of sp³-hybridized carbons (Fsp3) is 0.929. The minimum absolute atomic E-state index is 0.180. The SMILES string of the molecule is CC(C)(C)OC(=O)N1C2CC3CC(CC1C3O)C2O. The predicted octanol–water partition coefficient (Wildman–Crippen LogP) is 1.13. The van der Waals surface area contributed by atoms with Gasteiger partial charge in [-0.15, -0.1) is 0 Å². The second-order valence-corrected chi connectivity index (χ2v) is 7.23. The van der Waals surface area contributed by atoms with Crippen molar-refractivity contribution in [2.24, 2.45) is 11.8 Å². The van der Waals surface area contributed by atoms with Gasteiger partial charge in [-0.3, -0.25) is 4.90 Å². The van der Waals surface area contributed by atoms with Crippen LogP contribution in [-0.4, -0.2) is 51.1 Å². The molecule has 6 atom stereocenters. The molecule has 4 aliphatic rings. The Kier molecular flexibility index (Phi) is 2.84. The van der Waals surface area contributed by atoms with Gasteiger partial charge in [-0.1, -0.05) is 0 Å². The lowest BCUT2D eigenvalue weighted by Gasteiger charge is -2.60. The maximum Gasteiger partial charge on any atom is 0.410 e. The Hall–Kier alpha value is -0.810. The minimum atomic E-state index is -0.554. The van der Waals surface area contributed by atoms with E-state index in [1.807, 2.05) is 20.8 Å². The normalized spacial score (nSPS) is 44.6. The highest BCUT2D eigenvalue weighted by molar-refractivity contribution is 5.70. The molecule has 2 aliphatic carbocycles. The third-order valence-corrected chi connectivity index (χ3v) is 4.77. The molecule has 2 heterocycles. The summed E-state index contributed by atoms with van der Waals surface area (Å²) in [5.41, 5.74) is -0.554. The Morgan fingerprint density at radius 1 is 1.05 bits per heavy atom. The van der Waals surface area contributed by atoms with E-state index in [2.05, 4.69) is 0 Å². The van der Waals surface area contributed by atoms with Crippen molar-refractivity contribution >= 4 is 6.09 Å². The van der Waals surface area contributed by atoms with Crippen LogP contribution in [0.1, 0.15) is 40.0 Å². The van der Waals surface area contributed by atoms with Gasteiger partial charge in [0.25, 0.3) is 0 Å². The molecule has 5 heteroatoms. The van der Waals surface area contributed by atoms with Crippen LogP contribution in [0.5, 0.6) is 0 Å². The molecule has 1 amide bonds. The first-order valence-electron chi connectivity index (χ1n) is 7.15. The van der Waals surface area contributed by atoms with Crippen molar-refractivity contribution in [2.75, 3.05) is 0 Å².